The fourth-order valence-electron chi connectivity index (χ4n) is 2.61. The van der Waals surface area contributed by atoms with Crippen LogP contribution in [0.3, 0.4) is 0 Å². The molecule has 0 amide bonds. The third kappa shape index (κ3) is 4.25. The standard InChI is InChI=1S/C19H25NO2/c1-4-14-5-7-15(8-6-14)11-17(20)12-16-13-18(21-2)9-10-19(16)22-3/h5-10,13,17H,4,11-12,20H2,1-3H3. The fourth-order valence-corrected chi connectivity index (χ4v) is 2.61. The highest BCUT2D eigenvalue weighted by atomic mass is 16.5. The summed E-state index contributed by atoms with van der Waals surface area (Å²) in [4.78, 5) is 0. The first kappa shape index (κ1) is 16.4. The molecular weight excluding hydrogens is 274 g/mol. The molecular formula is C19H25NO2. The Morgan fingerprint density at radius 3 is 2.18 bits per heavy atom. The van der Waals surface area contributed by atoms with E-state index in [1.165, 1.54) is 11.1 Å². The second-order valence-corrected chi connectivity index (χ2v) is 5.52. The molecule has 1 unspecified atom stereocenters. The van der Waals surface area contributed by atoms with Crippen LogP contribution in [-0.4, -0.2) is 20.3 Å². The summed E-state index contributed by atoms with van der Waals surface area (Å²) < 4.78 is 10.7. The first-order chi connectivity index (χ1) is 10.7. The van der Waals surface area contributed by atoms with Gasteiger partial charge in [-0.15, -0.1) is 0 Å². The van der Waals surface area contributed by atoms with E-state index in [-0.39, 0.29) is 6.04 Å². The normalized spacial score (nSPS) is 12.0. The zero-order valence-electron chi connectivity index (χ0n) is 13.6. The average molecular weight is 299 g/mol. The maximum absolute atomic E-state index is 6.33. The summed E-state index contributed by atoms with van der Waals surface area (Å²) in [5.74, 6) is 1.69. The first-order valence-electron chi connectivity index (χ1n) is 7.70. The molecule has 0 spiro atoms. The van der Waals surface area contributed by atoms with E-state index in [0.717, 1.165) is 36.3 Å². The Kier molecular flexibility index (Phi) is 5.84. The SMILES string of the molecule is CCc1ccc(CC(N)Cc2cc(OC)ccc2OC)cc1. The van der Waals surface area contributed by atoms with Gasteiger partial charge in [-0.25, -0.2) is 0 Å². The molecule has 22 heavy (non-hydrogen) atoms. The molecule has 2 rings (SSSR count). The molecule has 0 aromatic heterocycles. The number of benzene rings is 2. The molecule has 0 aliphatic carbocycles. The lowest BCUT2D eigenvalue weighted by atomic mass is 9.98. The van der Waals surface area contributed by atoms with Crippen LogP contribution in [0.25, 0.3) is 0 Å². The third-order valence-corrected chi connectivity index (χ3v) is 3.90. The Labute approximate surface area is 133 Å². The molecule has 0 heterocycles. The Morgan fingerprint density at radius 2 is 1.59 bits per heavy atom. The van der Waals surface area contributed by atoms with Crippen LogP contribution in [0.15, 0.2) is 42.5 Å². The van der Waals surface area contributed by atoms with Crippen LogP contribution in [0.1, 0.15) is 23.6 Å². The summed E-state index contributed by atoms with van der Waals surface area (Å²) >= 11 is 0. The minimum atomic E-state index is 0.0495. The molecule has 2 N–H and O–H groups in total. The molecule has 0 bridgehead atoms. The van der Waals surface area contributed by atoms with E-state index in [1.807, 2.05) is 18.2 Å². The lowest BCUT2D eigenvalue weighted by Gasteiger charge is -2.15. The molecule has 0 fully saturated rings. The second kappa shape index (κ2) is 7.85. The lowest BCUT2D eigenvalue weighted by Crippen LogP contribution is -2.25. The zero-order valence-corrected chi connectivity index (χ0v) is 13.6. The van der Waals surface area contributed by atoms with Gasteiger partial charge in [0.05, 0.1) is 14.2 Å². The highest BCUT2D eigenvalue weighted by molar-refractivity contribution is 5.41. The molecule has 1 atom stereocenters. The van der Waals surface area contributed by atoms with Crippen molar-refractivity contribution in [1.82, 2.24) is 0 Å². The first-order valence-corrected chi connectivity index (χ1v) is 7.70. The van der Waals surface area contributed by atoms with Gasteiger partial charge in [0.15, 0.2) is 0 Å². The average Bonchev–Trinajstić information content (AvgIpc) is 2.55. The number of hydrogen-bond acceptors (Lipinski definition) is 3. The largest absolute Gasteiger partial charge is 0.497 e. The highest BCUT2D eigenvalue weighted by Crippen LogP contribution is 2.25. The molecule has 118 valence electrons. The Balaban J connectivity index is 2.05. The van der Waals surface area contributed by atoms with Crippen molar-refractivity contribution < 1.29 is 9.47 Å². The summed E-state index contributed by atoms with van der Waals surface area (Å²) in [7, 11) is 3.35. The van der Waals surface area contributed by atoms with E-state index in [0.29, 0.717) is 0 Å². The van der Waals surface area contributed by atoms with Crippen LogP contribution in [0.2, 0.25) is 0 Å². The van der Waals surface area contributed by atoms with Gasteiger partial charge in [-0.05, 0) is 54.2 Å². The minimum Gasteiger partial charge on any atom is -0.497 e. The molecule has 0 aliphatic rings. The van der Waals surface area contributed by atoms with Gasteiger partial charge >= 0.3 is 0 Å². The Bertz CT molecular complexity index is 593. The highest BCUT2D eigenvalue weighted by Gasteiger charge is 2.11. The topological polar surface area (TPSA) is 44.5 Å². The molecule has 2 aromatic rings. The minimum absolute atomic E-state index is 0.0495. The van der Waals surface area contributed by atoms with Gasteiger partial charge < -0.3 is 15.2 Å². The predicted octanol–water partition coefficient (Wildman–Crippen LogP) is 3.38. The summed E-state index contributed by atoms with van der Waals surface area (Å²) in [5, 5.41) is 0. The predicted molar refractivity (Wildman–Crippen MR) is 90.7 cm³/mol. The van der Waals surface area contributed by atoms with Crippen molar-refractivity contribution in [2.75, 3.05) is 14.2 Å². The number of hydrogen-bond donors (Lipinski definition) is 1. The van der Waals surface area contributed by atoms with Crippen molar-refractivity contribution in [1.29, 1.82) is 0 Å². The number of aryl methyl sites for hydroxylation is 1. The fraction of sp³-hybridized carbons (Fsp3) is 0.368. The summed E-state index contributed by atoms with van der Waals surface area (Å²) in [5.41, 5.74) is 10.0. The van der Waals surface area contributed by atoms with E-state index in [9.17, 15) is 0 Å². The van der Waals surface area contributed by atoms with Crippen molar-refractivity contribution in [3.8, 4) is 11.5 Å². The van der Waals surface area contributed by atoms with Crippen LogP contribution in [-0.2, 0) is 19.3 Å². The number of ether oxygens (including phenoxy) is 2. The van der Waals surface area contributed by atoms with E-state index < -0.39 is 0 Å². The van der Waals surface area contributed by atoms with E-state index in [1.54, 1.807) is 14.2 Å². The Hall–Kier alpha value is -2.00. The van der Waals surface area contributed by atoms with Gasteiger partial charge in [0.25, 0.3) is 0 Å². The van der Waals surface area contributed by atoms with Crippen molar-refractivity contribution in [3.05, 3.63) is 59.2 Å². The third-order valence-electron chi connectivity index (χ3n) is 3.90. The molecule has 0 saturated heterocycles. The van der Waals surface area contributed by atoms with E-state index >= 15 is 0 Å². The van der Waals surface area contributed by atoms with Crippen molar-refractivity contribution in [2.24, 2.45) is 5.73 Å². The van der Waals surface area contributed by atoms with Crippen LogP contribution in [0, 0.1) is 0 Å². The smallest absolute Gasteiger partial charge is 0.122 e. The maximum Gasteiger partial charge on any atom is 0.122 e. The molecule has 3 nitrogen and oxygen atoms in total. The molecule has 0 aliphatic heterocycles. The second-order valence-electron chi connectivity index (χ2n) is 5.52. The van der Waals surface area contributed by atoms with Gasteiger partial charge in [0, 0.05) is 6.04 Å². The summed E-state index contributed by atoms with van der Waals surface area (Å²) in [6, 6.07) is 14.6. The molecule has 0 saturated carbocycles. The molecule has 0 radical (unpaired) electrons. The van der Waals surface area contributed by atoms with Gasteiger partial charge in [-0.3, -0.25) is 0 Å². The monoisotopic (exact) mass is 299 g/mol. The van der Waals surface area contributed by atoms with Crippen LogP contribution in [0.4, 0.5) is 0 Å². The summed E-state index contributed by atoms with van der Waals surface area (Å²) in [6.45, 7) is 2.16. The number of methoxy groups -OCH3 is 2. The quantitative estimate of drug-likeness (QED) is 0.852. The van der Waals surface area contributed by atoms with Crippen LogP contribution < -0.4 is 15.2 Å². The summed E-state index contributed by atoms with van der Waals surface area (Å²) in [6.07, 6.45) is 2.67. The van der Waals surface area contributed by atoms with Crippen molar-refractivity contribution in [3.63, 3.8) is 0 Å². The molecule has 3 heteroatoms. The van der Waals surface area contributed by atoms with Crippen molar-refractivity contribution in [2.45, 2.75) is 32.2 Å². The Morgan fingerprint density at radius 1 is 0.909 bits per heavy atom. The molecule has 2 aromatic carbocycles. The van der Waals surface area contributed by atoms with Gasteiger partial charge in [0.2, 0.25) is 0 Å². The van der Waals surface area contributed by atoms with Gasteiger partial charge in [-0.2, -0.15) is 0 Å². The number of rotatable bonds is 7. The lowest BCUT2D eigenvalue weighted by molar-refractivity contribution is 0.397. The zero-order chi connectivity index (χ0) is 15.9. The van der Waals surface area contributed by atoms with E-state index in [4.69, 9.17) is 15.2 Å². The van der Waals surface area contributed by atoms with E-state index in [2.05, 4.69) is 31.2 Å². The van der Waals surface area contributed by atoms with Crippen molar-refractivity contribution >= 4 is 0 Å². The maximum atomic E-state index is 6.33. The van der Waals surface area contributed by atoms with Gasteiger partial charge in [0.1, 0.15) is 11.5 Å². The van der Waals surface area contributed by atoms with Crippen LogP contribution >= 0.6 is 0 Å². The number of nitrogens with two attached hydrogens (primary N) is 1. The van der Waals surface area contributed by atoms with Gasteiger partial charge in [-0.1, -0.05) is 31.2 Å². The van der Waals surface area contributed by atoms with Crippen LogP contribution in [0.5, 0.6) is 11.5 Å².